The van der Waals surface area contributed by atoms with Gasteiger partial charge in [-0.15, -0.1) is 0 Å². The zero-order valence-corrected chi connectivity index (χ0v) is 15.4. The summed E-state index contributed by atoms with van der Waals surface area (Å²) in [5.41, 5.74) is 0.973. The van der Waals surface area contributed by atoms with Crippen LogP contribution in [0.15, 0.2) is 30.3 Å². The van der Waals surface area contributed by atoms with Gasteiger partial charge in [-0.3, -0.25) is 0 Å². The fourth-order valence-electron chi connectivity index (χ4n) is 1.61. The summed E-state index contributed by atoms with van der Waals surface area (Å²) in [4.78, 5) is 21.4. The van der Waals surface area contributed by atoms with Crippen molar-refractivity contribution in [1.29, 1.82) is 0 Å². The molecule has 0 saturated carbocycles. The number of rotatable bonds is 4. The SMILES string of the molecule is CP(C)(C)(Cc1ccccc1)OP(=O)([O-])[O-].[Li+].[Na+]. The molecular weight excluding hydrogens is 276 g/mol. The molecule has 0 amide bonds. The summed E-state index contributed by atoms with van der Waals surface area (Å²) in [5.74, 6) is 0. The number of phosphoric acid groups is 1. The van der Waals surface area contributed by atoms with E-state index in [1.807, 2.05) is 30.3 Å². The van der Waals surface area contributed by atoms with E-state index in [0.717, 1.165) is 5.56 Å². The van der Waals surface area contributed by atoms with Crippen molar-refractivity contribution in [2.24, 2.45) is 0 Å². The van der Waals surface area contributed by atoms with E-state index < -0.39 is 14.7 Å². The van der Waals surface area contributed by atoms with Gasteiger partial charge >= 0.3 is 144 Å². The van der Waals surface area contributed by atoms with Crippen LogP contribution in [0.1, 0.15) is 5.56 Å². The maximum absolute atomic E-state index is 10.7. The van der Waals surface area contributed by atoms with Crippen molar-refractivity contribution in [2.75, 3.05) is 20.0 Å². The molecule has 1 rings (SSSR count). The van der Waals surface area contributed by atoms with Crippen molar-refractivity contribution in [3.8, 4) is 0 Å². The molecule has 0 N–H and O–H groups in total. The minimum absolute atomic E-state index is 0. The standard InChI is InChI=1S/C10H18O4P2.Li.Na/c1-16(2,3,14-15(11,12)13)9-10-7-5-4-6-8-10;;/h4-8H,9H2,1-3H3,(H2,11,12,13);;/q;2*+1/p-2. The van der Waals surface area contributed by atoms with Crippen LogP contribution < -0.4 is 58.2 Å². The Morgan fingerprint density at radius 2 is 1.61 bits per heavy atom. The van der Waals surface area contributed by atoms with Crippen LogP contribution >= 0.6 is 14.7 Å². The van der Waals surface area contributed by atoms with Crippen molar-refractivity contribution in [3.63, 3.8) is 0 Å². The molecule has 1 aromatic carbocycles. The van der Waals surface area contributed by atoms with Crippen molar-refractivity contribution in [2.45, 2.75) is 6.16 Å². The fourth-order valence-corrected chi connectivity index (χ4v) is 6.26. The van der Waals surface area contributed by atoms with E-state index >= 15 is 0 Å². The van der Waals surface area contributed by atoms with Gasteiger partial charge in [0.05, 0.1) is 0 Å². The summed E-state index contributed by atoms with van der Waals surface area (Å²) in [6, 6.07) is 9.40. The van der Waals surface area contributed by atoms with E-state index in [4.69, 9.17) is 4.31 Å². The molecular formula is C10H16LiNaO4P2. The molecule has 92 valence electrons. The summed E-state index contributed by atoms with van der Waals surface area (Å²) in [7, 11) is -4.93. The van der Waals surface area contributed by atoms with Gasteiger partial charge in [-0.1, -0.05) is 0 Å². The predicted octanol–water partition coefficient (Wildman–Crippen LogP) is -4.60. The molecule has 0 radical (unpaired) electrons. The van der Waals surface area contributed by atoms with E-state index in [0.29, 0.717) is 6.16 Å². The number of hydrogen-bond acceptors (Lipinski definition) is 4. The average molecular weight is 292 g/mol. The first kappa shape index (κ1) is 21.7. The Balaban J connectivity index is 0. The first-order chi connectivity index (χ1) is 7.05. The molecule has 1 aromatic rings. The molecule has 0 heterocycles. The van der Waals surface area contributed by atoms with Crippen LogP contribution in [-0.4, -0.2) is 20.0 Å². The second-order valence-corrected chi connectivity index (χ2v) is 12.9. The van der Waals surface area contributed by atoms with Gasteiger partial charge in [0.1, 0.15) is 0 Å². The zero-order valence-electron chi connectivity index (χ0n) is 11.6. The van der Waals surface area contributed by atoms with Crippen LogP contribution in [0.3, 0.4) is 0 Å². The summed E-state index contributed by atoms with van der Waals surface area (Å²) >= 11 is 0. The molecule has 0 aromatic heterocycles. The molecule has 0 aliphatic carbocycles. The van der Waals surface area contributed by atoms with Gasteiger partial charge in [-0.2, -0.15) is 0 Å². The zero-order chi connectivity index (χ0) is 12.5. The van der Waals surface area contributed by atoms with Crippen molar-refractivity contribution in [3.05, 3.63) is 35.9 Å². The summed E-state index contributed by atoms with van der Waals surface area (Å²) in [6.45, 7) is 2.23. The van der Waals surface area contributed by atoms with Crippen LogP contribution in [-0.2, 0) is 15.0 Å². The molecule has 8 heteroatoms. The molecule has 0 bridgehead atoms. The molecule has 0 aliphatic heterocycles. The van der Waals surface area contributed by atoms with E-state index in [2.05, 4.69) is 0 Å². The van der Waals surface area contributed by atoms with Gasteiger partial charge in [0.15, 0.2) is 0 Å². The maximum atomic E-state index is 10.7. The second kappa shape index (κ2) is 7.39. The predicted molar refractivity (Wildman–Crippen MR) is 63.5 cm³/mol. The molecule has 0 unspecified atom stereocenters. The minimum atomic E-state index is -4.93. The molecule has 4 nitrogen and oxygen atoms in total. The topological polar surface area (TPSA) is 72.4 Å². The Labute approximate surface area is 143 Å². The first-order valence-corrected chi connectivity index (χ1v) is 9.98. The van der Waals surface area contributed by atoms with Gasteiger partial charge in [0.2, 0.25) is 0 Å². The van der Waals surface area contributed by atoms with Gasteiger partial charge in [-0.25, -0.2) is 0 Å². The van der Waals surface area contributed by atoms with Crippen LogP contribution in [0, 0.1) is 0 Å². The van der Waals surface area contributed by atoms with Gasteiger partial charge < -0.3 is 0 Å². The van der Waals surface area contributed by atoms with Crippen molar-refractivity contribution >= 4 is 14.7 Å². The third kappa shape index (κ3) is 9.29. The van der Waals surface area contributed by atoms with Gasteiger partial charge in [0, 0.05) is 0 Å². The normalized spacial score (nSPS) is 13.7. The Morgan fingerprint density at radius 3 is 2.00 bits per heavy atom. The summed E-state index contributed by atoms with van der Waals surface area (Å²) in [5, 5.41) is 0. The Hall–Kier alpha value is 1.36. The van der Waals surface area contributed by atoms with Crippen LogP contribution in [0.4, 0.5) is 0 Å². The van der Waals surface area contributed by atoms with Crippen LogP contribution in [0.5, 0.6) is 0 Å². The molecule has 0 saturated heterocycles. The van der Waals surface area contributed by atoms with Crippen molar-refractivity contribution in [1.82, 2.24) is 0 Å². The van der Waals surface area contributed by atoms with E-state index in [1.165, 1.54) is 0 Å². The summed E-state index contributed by atoms with van der Waals surface area (Å²) < 4.78 is 15.5. The first-order valence-electron chi connectivity index (χ1n) is 4.83. The largest absolute Gasteiger partial charge is 1.00 e. The number of benzene rings is 1. The smallest absolute Gasteiger partial charge is 1.00 e. The van der Waals surface area contributed by atoms with Crippen molar-refractivity contribution < 1.29 is 67.1 Å². The fraction of sp³-hybridized carbons (Fsp3) is 0.400. The Kier molecular flexibility index (Phi) is 8.89. The second-order valence-electron chi connectivity index (χ2n) is 5.14. The average Bonchev–Trinajstić information content (AvgIpc) is 1.97. The monoisotopic (exact) mass is 292 g/mol. The molecule has 18 heavy (non-hydrogen) atoms. The maximum Gasteiger partial charge on any atom is 1.00 e. The third-order valence-corrected chi connectivity index (χ3v) is 6.63. The van der Waals surface area contributed by atoms with E-state index in [9.17, 15) is 14.4 Å². The molecule has 0 aliphatic rings. The van der Waals surface area contributed by atoms with Crippen LogP contribution in [0.25, 0.3) is 0 Å². The molecule has 0 fully saturated rings. The molecule has 0 atom stereocenters. The minimum Gasteiger partial charge on any atom is 1.00 e. The van der Waals surface area contributed by atoms with Crippen LogP contribution in [0.2, 0.25) is 0 Å². The van der Waals surface area contributed by atoms with E-state index in [-0.39, 0.29) is 48.4 Å². The quantitative estimate of drug-likeness (QED) is 0.413. The van der Waals surface area contributed by atoms with Gasteiger partial charge in [-0.05, 0) is 0 Å². The van der Waals surface area contributed by atoms with E-state index in [1.54, 1.807) is 20.0 Å². The Bertz CT molecular complexity index is 413. The number of hydrogen-bond donors (Lipinski definition) is 0. The third-order valence-electron chi connectivity index (χ3n) is 1.97. The summed E-state index contributed by atoms with van der Waals surface area (Å²) in [6.07, 6.45) is 0.473. The Morgan fingerprint density at radius 1 is 1.17 bits per heavy atom. The van der Waals surface area contributed by atoms with Gasteiger partial charge in [0.25, 0.3) is 0 Å². The molecule has 0 spiro atoms.